The van der Waals surface area contributed by atoms with Crippen molar-refractivity contribution >= 4 is 85.3 Å². The number of hydrogen-bond acceptors (Lipinski definition) is 6. The van der Waals surface area contributed by atoms with E-state index in [0.717, 1.165) is 62.7 Å². The molecular formula is C31H31Cl2NO3S3. The molecule has 2 aromatic heterocycles. The van der Waals surface area contributed by atoms with E-state index < -0.39 is 11.6 Å². The molecule has 2 heterocycles. The van der Waals surface area contributed by atoms with Crippen molar-refractivity contribution < 1.29 is 15.0 Å². The second-order valence-electron chi connectivity index (χ2n) is 11.0. The molecule has 4 nitrogen and oxygen atoms in total. The van der Waals surface area contributed by atoms with Crippen LogP contribution >= 0.6 is 57.6 Å². The summed E-state index contributed by atoms with van der Waals surface area (Å²) in [7, 11) is 0. The van der Waals surface area contributed by atoms with E-state index in [1.807, 2.05) is 49.9 Å². The SMILES string of the molecule is CC(C)(O)c1ccccc1CCC(SCC1(CC(=O)O)CC1)c1cccc(/C=C/c2nc3c(Cl)c(Cl)sc3s2)c1. The van der Waals surface area contributed by atoms with E-state index in [1.165, 1.54) is 16.9 Å². The van der Waals surface area contributed by atoms with Gasteiger partial charge in [-0.2, -0.15) is 11.8 Å². The highest BCUT2D eigenvalue weighted by Crippen LogP contribution is 2.53. The van der Waals surface area contributed by atoms with Gasteiger partial charge in [0.1, 0.15) is 18.9 Å². The molecule has 0 saturated heterocycles. The molecular weight excluding hydrogens is 601 g/mol. The second-order valence-corrected chi connectivity index (χ2v) is 15.5. The van der Waals surface area contributed by atoms with Crippen LogP contribution in [-0.2, 0) is 16.8 Å². The van der Waals surface area contributed by atoms with Crippen LogP contribution < -0.4 is 0 Å². The van der Waals surface area contributed by atoms with E-state index in [4.69, 9.17) is 23.2 Å². The van der Waals surface area contributed by atoms with E-state index in [1.54, 1.807) is 11.3 Å². The van der Waals surface area contributed by atoms with Crippen molar-refractivity contribution in [1.29, 1.82) is 0 Å². The van der Waals surface area contributed by atoms with Crippen molar-refractivity contribution in [3.05, 3.63) is 85.2 Å². The highest BCUT2D eigenvalue weighted by molar-refractivity contribution is 7.99. The van der Waals surface area contributed by atoms with Gasteiger partial charge in [0.05, 0.1) is 17.0 Å². The number of aromatic nitrogens is 1. The summed E-state index contributed by atoms with van der Waals surface area (Å²) >= 11 is 17.3. The smallest absolute Gasteiger partial charge is 0.303 e. The topological polar surface area (TPSA) is 70.4 Å². The molecule has 2 aromatic carbocycles. The molecule has 1 atom stereocenters. The third-order valence-electron chi connectivity index (χ3n) is 7.30. The van der Waals surface area contributed by atoms with E-state index in [9.17, 15) is 15.0 Å². The van der Waals surface area contributed by atoms with Crippen LogP contribution in [0, 0.1) is 5.41 Å². The minimum absolute atomic E-state index is 0.0842. The number of thiophene rings is 1. The maximum Gasteiger partial charge on any atom is 0.303 e. The lowest BCUT2D eigenvalue weighted by Gasteiger charge is -2.24. The number of fused-ring (bicyclic) bond motifs is 1. The Balaban J connectivity index is 1.37. The lowest BCUT2D eigenvalue weighted by molar-refractivity contribution is -0.138. The van der Waals surface area contributed by atoms with Gasteiger partial charge < -0.3 is 10.2 Å². The van der Waals surface area contributed by atoms with Crippen LogP contribution in [0.25, 0.3) is 21.7 Å². The third-order valence-corrected chi connectivity index (χ3v) is 12.1. The summed E-state index contributed by atoms with van der Waals surface area (Å²) in [6.07, 6.45) is 7.97. The summed E-state index contributed by atoms with van der Waals surface area (Å²) in [5, 5.41) is 21.7. The van der Waals surface area contributed by atoms with Gasteiger partial charge in [-0.15, -0.1) is 22.7 Å². The van der Waals surface area contributed by atoms with Gasteiger partial charge >= 0.3 is 5.97 Å². The number of aryl methyl sites for hydroxylation is 1. The highest BCUT2D eigenvalue weighted by Gasteiger charge is 2.44. The number of benzene rings is 2. The maximum atomic E-state index is 11.5. The first kappa shape index (κ1) is 29.6. The number of carbonyl (C=O) groups is 1. The minimum atomic E-state index is -0.913. The summed E-state index contributed by atoms with van der Waals surface area (Å²) < 4.78 is 1.59. The fourth-order valence-corrected chi connectivity index (χ4v) is 9.33. The number of hydrogen-bond donors (Lipinski definition) is 2. The van der Waals surface area contributed by atoms with Crippen LogP contribution in [0.3, 0.4) is 0 Å². The Morgan fingerprint density at radius 2 is 1.93 bits per heavy atom. The fraction of sp³-hybridized carbons (Fsp3) is 0.355. The summed E-state index contributed by atoms with van der Waals surface area (Å²) in [6, 6.07) is 16.6. The Morgan fingerprint density at radius 1 is 1.15 bits per heavy atom. The molecule has 1 aliphatic carbocycles. The zero-order valence-corrected chi connectivity index (χ0v) is 26.3. The molecule has 5 rings (SSSR count). The van der Waals surface area contributed by atoms with Gasteiger partial charge in [-0.05, 0) is 73.3 Å². The predicted octanol–water partition coefficient (Wildman–Crippen LogP) is 9.72. The van der Waals surface area contributed by atoms with Gasteiger partial charge in [0.25, 0.3) is 0 Å². The van der Waals surface area contributed by atoms with Crippen LogP contribution in [0.15, 0.2) is 48.5 Å². The minimum Gasteiger partial charge on any atom is -0.481 e. The standard InChI is InChI=1S/C31H31Cl2NO3S3/c1-30(2,37)22-9-4-3-7-20(22)11-12-23(38-18-31(14-15-31)17-25(35)36)21-8-5-6-19(16-21)10-13-24-34-27-26(32)28(33)40-29(27)39-24/h3-10,13,16,23,37H,11-12,14-15,17-18H2,1-2H3,(H,35,36)/b13-10+. The van der Waals surface area contributed by atoms with E-state index in [2.05, 4.69) is 41.4 Å². The number of carboxylic acids is 1. The summed E-state index contributed by atoms with van der Waals surface area (Å²) in [6.45, 7) is 3.65. The van der Waals surface area contributed by atoms with Crippen molar-refractivity contribution in [1.82, 2.24) is 4.98 Å². The van der Waals surface area contributed by atoms with Gasteiger partial charge in [-0.25, -0.2) is 4.98 Å². The summed E-state index contributed by atoms with van der Waals surface area (Å²) in [5.74, 6) is 0.114. The number of halogens is 2. The number of rotatable bonds is 12. The molecule has 9 heteroatoms. The molecule has 1 aliphatic rings. The fourth-order valence-electron chi connectivity index (χ4n) is 4.97. The average Bonchev–Trinajstić information content (AvgIpc) is 3.46. The molecule has 4 aromatic rings. The lowest BCUT2D eigenvalue weighted by atomic mass is 9.90. The molecule has 2 N–H and O–H groups in total. The number of thioether (sulfide) groups is 1. The van der Waals surface area contributed by atoms with Crippen molar-refractivity contribution in [2.75, 3.05) is 5.75 Å². The Kier molecular flexibility index (Phi) is 9.00. The van der Waals surface area contributed by atoms with Crippen molar-refractivity contribution in [3.63, 3.8) is 0 Å². The molecule has 1 unspecified atom stereocenters. The first-order valence-electron chi connectivity index (χ1n) is 13.2. The molecule has 0 aliphatic heterocycles. The first-order valence-corrected chi connectivity index (χ1v) is 16.6. The Hall–Kier alpha value is -1.87. The molecule has 210 valence electrons. The van der Waals surface area contributed by atoms with Crippen molar-refractivity contribution in [3.8, 4) is 0 Å². The van der Waals surface area contributed by atoms with Gasteiger partial charge in [0.15, 0.2) is 0 Å². The van der Waals surface area contributed by atoms with E-state index in [-0.39, 0.29) is 17.1 Å². The maximum absolute atomic E-state index is 11.5. The largest absolute Gasteiger partial charge is 0.481 e. The van der Waals surface area contributed by atoms with Crippen LogP contribution in [0.2, 0.25) is 9.36 Å². The summed E-state index contributed by atoms with van der Waals surface area (Å²) in [5.41, 5.74) is 4.15. The second kappa shape index (κ2) is 12.2. The van der Waals surface area contributed by atoms with Gasteiger partial charge in [-0.1, -0.05) is 77.8 Å². The van der Waals surface area contributed by atoms with Gasteiger partial charge in [0, 0.05) is 11.0 Å². The van der Waals surface area contributed by atoms with Crippen LogP contribution in [0.4, 0.5) is 0 Å². The van der Waals surface area contributed by atoms with Crippen molar-refractivity contribution in [2.24, 2.45) is 5.41 Å². The normalized spacial score (nSPS) is 15.6. The van der Waals surface area contributed by atoms with Crippen LogP contribution in [0.5, 0.6) is 0 Å². The number of aliphatic carboxylic acids is 1. The van der Waals surface area contributed by atoms with Crippen LogP contribution in [-0.4, -0.2) is 26.9 Å². The highest BCUT2D eigenvalue weighted by atomic mass is 35.5. The summed E-state index contributed by atoms with van der Waals surface area (Å²) in [4.78, 5) is 16.1. The average molecular weight is 633 g/mol. The molecule has 1 fully saturated rings. The number of nitrogens with zero attached hydrogens (tertiary/aromatic N) is 1. The Morgan fingerprint density at radius 3 is 2.62 bits per heavy atom. The molecule has 0 spiro atoms. The van der Waals surface area contributed by atoms with Crippen LogP contribution in [0.1, 0.15) is 72.0 Å². The third kappa shape index (κ3) is 7.12. The van der Waals surface area contributed by atoms with E-state index in [0.29, 0.717) is 9.36 Å². The lowest BCUT2D eigenvalue weighted by Crippen LogP contribution is -2.18. The van der Waals surface area contributed by atoms with Crippen molar-refractivity contribution in [2.45, 2.75) is 56.8 Å². The number of carboxylic acid groups (broad SMARTS) is 1. The quantitative estimate of drug-likeness (QED) is 0.163. The monoisotopic (exact) mass is 631 g/mol. The van der Waals surface area contributed by atoms with Gasteiger partial charge in [0.2, 0.25) is 0 Å². The number of aliphatic hydroxyl groups is 1. The Bertz CT molecular complexity index is 1550. The zero-order chi connectivity index (χ0) is 28.5. The number of thiazole rings is 1. The molecule has 0 radical (unpaired) electrons. The molecule has 0 amide bonds. The Labute approximate surface area is 257 Å². The zero-order valence-electron chi connectivity index (χ0n) is 22.3. The molecule has 40 heavy (non-hydrogen) atoms. The predicted molar refractivity (Wildman–Crippen MR) is 172 cm³/mol. The first-order chi connectivity index (χ1) is 19.0. The van der Waals surface area contributed by atoms with E-state index >= 15 is 0 Å². The molecule has 1 saturated carbocycles. The van der Waals surface area contributed by atoms with Gasteiger partial charge in [-0.3, -0.25) is 4.79 Å². The molecule has 0 bridgehead atoms.